The van der Waals surface area contributed by atoms with E-state index in [1.54, 1.807) is 37.3 Å². The van der Waals surface area contributed by atoms with E-state index in [-0.39, 0.29) is 22.0 Å². The molecule has 202 valence electrons. The molecule has 0 radical (unpaired) electrons. The van der Waals surface area contributed by atoms with Gasteiger partial charge in [0.05, 0.1) is 22.5 Å². The van der Waals surface area contributed by atoms with Gasteiger partial charge in [-0.3, -0.25) is 4.79 Å². The number of hydrogen-bond acceptors (Lipinski definition) is 7. The molecular weight excluding hydrogens is 528 g/mol. The van der Waals surface area contributed by atoms with Gasteiger partial charge in [-0.25, -0.2) is 13.2 Å². The molecule has 2 atom stereocenters. The lowest BCUT2D eigenvalue weighted by atomic mass is 10.1. The molecule has 0 aromatic heterocycles. The number of halogens is 1. The summed E-state index contributed by atoms with van der Waals surface area (Å²) in [5.41, 5.74) is 1.77. The third-order valence-corrected chi connectivity index (χ3v) is 7.79. The summed E-state index contributed by atoms with van der Waals surface area (Å²) in [4.78, 5) is 24.4. The van der Waals surface area contributed by atoms with Gasteiger partial charge in [0.1, 0.15) is 6.04 Å². The summed E-state index contributed by atoms with van der Waals surface area (Å²) >= 11 is 5.97. The summed E-state index contributed by atoms with van der Waals surface area (Å²) in [5, 5.41) is 16.6. The van der Waals surface area contributed by atoms with Crippen molar-refractivity contribution in [1.29, 1.82) is 0 Å². The number of ether oxygens (including phenoxy) is 1. The van der Waals surface area contributed by atoms with Crippen molar-refractivity contribution in [3.05, 3.63) is 94.5 Å². The number of aliphatic hydroxyl groups is 1. The molecule has 3 N–H and O–H groups in total. The van der Waals surface area contributed by atoms with E-state index in [0.717, 1.165) is 11.1 Å². The molecule has 0 aliphatic heterocycles. The number of sulfone groups is 1. The summed E-state index contributed by atoms with van der Waals surface area (Å²) in [5.74, 6) is -1.15. The van der Waals surface area contributed by atoms with Crippen LogP contribution in [0.15, 0.2) is 82.6 Å². The van der Waals surface area contributed by atoms with Crippen LogP contribution in [-0.4, -0.2) is 51.1 Å². The molecule has 0 spiro atoms. The molecule has 1 amide bonds. The Morgan fingerprint density at radius 2 is 1.71 bits per heavy atom. The predicted octanol–water partition coefficient (Wildman–Crippen LogP) is 3.72. The second-order valence-electron chi connectivity index (χ2n) is 8.65. The highest BCUT2D eigenvalue weighted by Crippen LogP contribution is 2.22. The molecule has 38 heavy (non-hydrogen) atoms. The topological polar surface area (TPSA) is 122 Å². The van der Waals surface area contributed by atoms with Gasteiger partial charge < -0.3 is 20.5 Å². The first-order valence-electron chi connectivity index (χ1n) is 12.2. The maximum Gasteiger partial charge on any atom is 0.328 e. The van der Waals surface area contributed by atoms with E-state index >= 15 is 0 Å². The minimum atomic E-state index is -3.87. The highest BCUT2D eigenvalue weighted by molar-refractivity contribution is 7.91. The van der Waals surface area contributed by atoms with Crippen LogP contribution in [0.3, 0.4) is 0 Å². The molecular formula is C28H31ClN2O6S. The monoisotopic (exact) mass is 558 g/mol. The molecule has 3 aromatic carbocycles. The molecule has 0 aliphatic rings. The highest BCUT2D eigenvalue weighted by atomic mass is 35.5. The fourth-order valence-electron chi connectivity index (χ4n) is 3.69. The number of carbonyl (C=O) groups is 2. The van der Waals surface area contributed by atoms with Crippen molar-refractivity contribution >= 4 is 33.3 Å². The molecule has 0 saturated heterocycles. The minimum absolute atomic E-state index is 0.0293. The Bertz CT molecular complexity index is 1360. The van der Waals surface area contributed by atoms with Gasteiger partial charge in [-0.1, -0.05) is 41.9 Å². The molecule has 0 bridgehead atoms. The number of aliphatic hydroxyl groups excluding tert-OH is 1. The maximum absolute atomic E-state index is 13.2. The van der Waals surface area contributed by atoms with Gasteiger partial charge in [0.25, 0.3) is 5.91 Å². The van der Waals surface area contributed by atoms with Gasteiger partial charge in [-0.05, 0) is 80.4 Å². The normalized spacial score (nSPS) is 12.9. The van der Waals surface area contributed by atoms with Gasteiger partial charge in [0.15, 0.2) is 0 Å². The second kappa shape index (κ2) is 13.5. The van der Waals surface area contributed by atoms with Gasteiger partial charge in [-0.2, -0.15) is 0 Å². The number of hydrogen-bond donors (Lipinski definition) is 3. The van der Waals surface area contributed by atoms with Gasteiger partial charge in [-0.15, -0.1) is 0 Å². The van der Waals surface area contributed by atoms with Crippen LogP contribution in [-0.2, 0) is 25.8 Å². The van der Waals surface area contributed by atoms with Crippen molar-refractivity contribution in [3.63, 3.8) is 0 Å². The smallest absolute Gasteiger partial charge is 0.328 e. The van der Waals surface area contributed by atoms with E-state index in [0.29, 0.717) is 24.5 Å². The van der Waals surface area contributed by atoms with Crippen molar-refractivity contribution in [1.82, 2.24) is 10.6 Å². The number of esters is 1. The molecule has 8 nitrogen and oxygen atoms in total. The lowest BCUT2D eigenvalue weighted by Crippen LogP contribution is -2.39. The molecule has 0 fully saturated rings. The summed E-state index contributed by atoms with van der Waals surface area (Å²) in [6.45, 7) is 4.30. The summed E-state index contributed by atoms with van der Waals surface area (Å²) in [7, 11) is -3.87. The third-order valence-electron chi connectivity index (χ3n) is 5.79. The maximum atomic E-state index is 13.2. The summed E-state index contributed by atoms with van der Waals surface area (Å²) in [6, 6.07) is 18.4. The molecule has 0 aliphatic carbocycles. The molecule has 3 aromatic rings. The van der Waals surface area contributed by atoms with Crippen LogP contribution >= 0.6 is 11.6 Å². The fraction of sp³-hybridized carbons (Fsp3) is 0.286. The highest BCUT2D eigenvalue weighted by Gasteiger charge is 2.21. The molecule has 0 saturated carbocycles. The molecule has 0 heterocycles. The average Bonchev–Trinajstić information content (AvgIpc) is 2.91. The first-order valence-corrected chi connectivity index (χ1v) is 14.0. The van der Waals surface area contributed by atoms with Crippen LogP contribution < -0.4 is 10.6 Å². The van der Waals surface area contributed by atoms with Crippen LogP contribution in [0.25, 0.3) is 0 Å². The zero-order chi connectivity index (χ0) is 27.7. The lowest BCUT2D eigenvalue weighted by molar-refractivity contribution is -0.144. The SMILES string of the molecule is CCOC(=O)[C@H](C)NC(=O)c1cccc(S(=O)(=O)c2ccc(CCNC[C@H](O)c3cccc(Cl)c3)cc2)c1. The number of nitrogens with one attached hydrogen (secondary N) is 2. The van der Waals surface area contributed by atoms with E-state index in [1.807, 2.05) is 6.07 Å². The van der Waals surface area contributed by atoms with Gasteiger partial charge in [0, 0.05) is 17.1 Å². The van der Waals surface area contributed by atoms with Crippen molar-refractivity contribution in [2.24, 2.45) is 0 Å². The van der Waals surface area contributed by atoms with Crippen molar-refractivity contribution < 1.29 is 27.9 Å². The van der Waals surface area contributed by atoms with Crippen molar-refractivity contribution in [2.45, 2.75) is 42.2 Å². The zero-order valence-corrected chi connectivity index (χ0v) is 22.8. The van der Waals surface area contributed by atoms with Crippen molar-refractivity contribution in [3.8, 4) is 0 Å². The Labute approximate surface area is 227 Å². The Kier molecular flexibility index (Phi) is 10.4. The Balaban J connectivity index is 1.58. The molecule has 0 unspecified atom stereocenters. The van der Waals surface area contributed by atoms with E-state index in [1.165, 1.54) is 43.3 Å². The Hall–Kier alpha value is -3.24. The quantitative estimate of drug-likeness (QED) is 0.229. The van der Waals surface area contributed by atoms with Gasteiger partial charge in [0.2, 0.25) is 9.84 Å². The fourth-order valence-corrected chi connectivity index (χ4v) is 5.19. The minimum Gasteiger partial charge on any atom is -0.464 e. The molecule has 3 rings (SSSR count). The lowest BCUT2D eigenvalue weighted by Gasteiger charge is -2.13. The first kappa shape index (κ1) is 29.3. The first-order chi connectivity index (χ1) is 18.1. The van der Waals surface area contributed by atoms with Crippen LogP contribution in [0, 0.1) is 0 Å². The van der Waals surface area contributed by atoms with E-state index in [9.17, 15) is 23.1 Å². The summed E-state index contributed by atoms with van der Waals surface area (Å²) in [6.07, 6.45) is -0.0517. The van der Waals surface area contributed by atoms with Gasteiger partial charge >= 0.3 is 5.97 Å². The number of rotatable bonds is 12. The largest absolute Gasteiger partial charge is 0.464 e. The average molecular weight is 559 g/mol. The molecule has 10 heteroatoms. The second-order valence-corrected chi connectivity index (χ2v) is 11.0. The van der Waals surface area contributed by atoms with Crippen LogP contribution in [0.5, 0.6) is 0 Å². The number of amides is 1. The van der Waals surface area contributed by atoms with E-state index in [2.05, 4.69) is 10.6 Å². The van der Waals surface area contributed by atoms with Crippen LogP contribution in [0.1, 0.15) is 41.4 Å². The zero-order valence-electron chi connectivity index (χ0n) is 21.2. The standard InChI is InChI=1S/C28H31ClN2O6S/c1-3-37-28(34)19(2)31-27(33)22-7-5-9-25(17-22)38(35,36)24-12-10-20(11-13-24)14-15-30-18-26(32)21-6-4-8-23(29)16-21/h4-13,16-17,19,26,30,32H,3,14-15,18H2,1-2H3,(H,31,33)/t19-,26-/m0/s1. The Morgan fingerprint density at radius 1 is 1.00 bits per heavy atom. The third kappa shape index (κ3) is 7.88. The van der Waals surface area contributed by atoms with E-state index in [4.69, 9.17) is 16.3 Å². The Morgan fingerprint density at radius 3 is 2.39 bits per heavy atom. The number of benzene rings is 3. The van der Waals surface area contributed by atoms with Crippen LogP contribution in [0.4, 0.5) is 0 Å². The van der Waals surface area contributed by atoms with Crippen LogP contribution in [0.2, 0.25) is 5.02 Å². The number of carbonyl (C=O) groups excluding carboxylic acids is 2. The summed E-state index contributed by atoms with van der Waals surface area (Å²) < 4.78 is 31.2. The van der Waals surface area contributed by atoms with E-state index < -0.39 is 33.9 Å². The van der Waals surface area contributed by atoms with Crippen molar-refractivity contribution in [2.75, 3.05) is 19.7 Å². The predicted molar refractivity (Wildman–Crippen MR) is 145 cm³/mol.